The highest BCUT2D eigenvalue weighted by Gasteiger charge is 2.25. The van der Waals surface area contributed by atoms with Crippen LogP contribution in [0.1, 0.15) is 67.4 Å². The molecule has 5 rings (SSSR count). The summed E-state index contributed by atoms with van der Waals surface area (Å²) in [6.45, 7) is 0. The standard InChI is InChI=1S/C30H31ClN4O4/c31-27-17-26(10-3-20(27)18-32)39-24-11-4-21(5-12-24)33-30(37)29-16-15-28(34-35-29)19-1-8-23(9-2-19)38-25-13-6-22(36)7-14-25/h1-3,8-10,15-17,21-22,24-25,36H,4-7,11-14H2,(H,33,37). The van der Waals surface area contributed by atoms with Crippen molar-refractivity contribution in [3.63, 3.8) is 0 Å². The third-order valence-electron chi connectivity index (χ3n) is 7.37. The van der Waals surface area contributed by atoms with Gasteiger partial charge in [-0.15, -0.1) is 10.2 Å². The minimum absolute atomic E-state index is 0.0357. The molecule has 2 saturated carbocycles. The zero-order chi connectivity index (χ0) is 27.2. The van der Waals surface area contributed by atoms with Crippen molar-refractivity contribution in [2.75, 3.05) is 0 Å². The highest BCUT2D eigenvalue weighted by atomic mass is 35.5. The SMILES string of the molecule is N#Cc1ccc(OC2CCC(NC(=O)c3ccc(-c4ccc(OC5CCC(O)CC5)cc4)nn3)CC2)cc1Cl. The third kappa shape index (κ3) is 7.05. The second kappa shape index (κ2) is 12.5. The van der Waals surface area contributed by atoms with Crippen LogP contribution in [0, 0.1) is 11.3 Å². The van der Waals surface area contributed by atoms with Gasteiger partial charge in [-0.1, -0.05) is 11.6 Å². The van der Waals surface area contributed by atoms with Gasteiger partial charge in [0.25, 0.3) is 5.91 Å². The van der Waals surface area contributed by atoms with E-state index in [0.717, 1.165) is 62.7 Å². The highest BCUT2D eigenvalue weighted by Crippen LogP contribution is 2.28. The molecule has 1 amide bonds. The van der Waals surface area contributed by atoms with Crippen molar-refractivity contribution in [3.8, 4) is 28.8 Å². The topological polar surface area (TPSA) is 117 Å². The van der Waals surface area contributed by atoms with E-state index in [-0.39, 0.29) is 36.0 Å². The van der Waals surface area contributed by atoms with Crippen molar-refractivity contribution in [3.05, 3.63) is 70.9 Å². The number of aliphatic hydroxyl groups excluding tert-OH is 1. The van der Waals surface area contributed by atoms with Crippen molar-refractivity contribution in [1.29, 1.82) is 5.26 Å². The predicted molar refractivity (Wildman–Crippen MR) is 147 cm³/mol. The molecule has 0 bridgehead atoms. The number of nitrogens with zero attached hydrogens (tertiary/aromatic N) is 3. The maximum absolute atomic E-state index is 12.8. The van der Waals surface area contributed by atoms with Gasteiger partial charge in [0, 0.05) is 17.7 Å². The first-order chi connectivity index (χ1) is 19.0. The van der Waals surface area contributed by atoms with Crippen LogP contribution in [0.4, 0.5) is 0 Å². The Morgan fingerprint density at radius 3 is 2.13 bits per heavy atom. The maximum atomic E-state index is 12.8. The molecule has 0 saturated heterocycles. The van der Waals surface area contributed by atoms with Gasteiger partial charge in [-0.25, -0.2) is 0 Å². The Hall–Kier alpha value is -3.67. The smallest absolute Gasteiger partial charge is 0.272 e. The maximum Gasteiger partial charge on any atom is 0.272 e. The number of hydrogen-bond acceptors (Lipinski definition) is 7. The first-order valence-electron chi connectivity index (χ1n) is 13.4. The lowest BCUT2D eigenvalue weighted by Gasteiger charge is -2.29. The lowest BCUT2D eigenvalue weighted by Crippen LogP contribution is -2.40. The molecule has 2 aliphatic carbocycles. The molecule has 2 aromatic carbocycles. The Balaban J connectivity index is 1.09. The van der Waals surface area contributed by atoms with Crippen LogP contribution in [0.25, 0.3) is 11.3 Å². The number of halogens is 1. The summed E-state index contributed by atoms with van der Waals surface area (Å²) in [5.41, 5.74) is 2.28. The molecule has 39 heavy (non-hydrogen) atoms. The number of hydrogen-bond donors (Lipinski definition) is 2. The van der Waals surface area contributed by atoms with E-state index in [1.165, 1.54) is 0 Å². The van der Waals surface area contributed by atoms with Crippen molar-refractivity contribution in [2.45, 2.75) is 75.7 Å². The molecular weight excluding hydrogens is 516 g/mol. The summed E-state index contributed by atoms with van der Waals surface area (Å²) < 4.78 is 12.1. The minimum Gasteiger partial charge on any atom is -0.490 e. The van der Waals surface area contributed by atoms with Crippen LogP contribution in [0.3, 0.4) is 0 Å². The first-order valence-corrected chi connectivity index (χ1v) is 13.8. The Labute approximate surface area is 232 Å². The van der Waals surface area contributed by atoms with Gasteiger partial charge >= 0.3 is 0 Å². The first kappa shape index (κ1) is 26.9. The molecule has 8 nitrogen and oxygen atoms in total. The Bertz CT molecular complexity index is 1310. The van der Waals surface area contributed by atoms with Crippen molar-refractivity contribution in [2.24, 2.45) is 0 Å². The van der Waals surface area contributed by atoms with Crippen LogP contribution in [0.2, 0.25) is 5.02 Å². The number of ether oxygens (including phenoxy) is 2. The van der Waals surface area contributed by atoms with Crippen molar-refractivity contribution < 1.29 is 19.4 Å². The van der Waals surface area contributed by atoms with Crippen LogP contribution in [-0.4, -0.2) is 45.6 Å². The van der Waals surface area contributed by atoms with Gasteiger partial charge in [0.1, 0.15) is 17.6 Å². The van der Waals surface area contributed by atoms with Gasteiger partial charge in [0.05, 0.1) is 34.6 Å². The minimum atomic E-state index is -0.237. The summed E-state index contributed by atoms with van der Waals surface area (Å²) >= 11 is 6.10. The summed E-state index contributed by atoms with van der Waals surface area (Å²) in [7, 11) is 0. The normalized spacial score (nSPS) is 22.9. The fourth-order valence-corrected chi connectivity index (χ4v) is 5.32. The molecule has 2 aliphatic rings. The number of nitrogens with one attached hydrogen (secondary N) is 1. The van der Waals surface area contributed by atoms with Gasteiger partial charge < -0.3 is 19.9 Å². The second-order valence-corrected chi connectivity index (χ2v) is 10.6. The average molecular weight is 547 g/mol. The van der Waals surface area contributed by atoms with E-state index >= 15 is 0 Å². The van der Waals surface area contributed by atoms with Crippen molar-refractivity contribution in [1.82, 2.24) is 15.5 Å². The molecule has 0 spiro atoms. The molecule has 0 unspecified atom stereocenters. The molecule has 0 atom stereocenters. The Kier molecular flexibility index (Phi) is 8.60. The number of aliphatic hydroxyl groups is 1. The molecule has 1 aromatic heterocycles. The second-order valence-electron chi connectivity index (χ2n) is 10.2. The molecule has 2 fully saturated rings. The van der Waals surface area contributed by atoms with E-state index in [4.69, 9.17) is 26.3 Å². The number of aromatic nitrogens is 2. The largest absolute Gasteiger partial charge is 0.490 e. The number of nitriles is 1. The fourth-order valence-electron chi connectivity index (χ4n) is 5.10. The number of rotatable bonds is 7. The van der Waals surface area contributed by atoms with Crippen LogP contribution in [-0.2, 0) is 0 Å². The number of benzene rings is 2. The number of carbonyl (C=O) groups is 1. The molecule has 0 radical (unpaired) electrons. The van der Waals surface area contributed by atoms with E-state index in [2.05, 4.69) is 15.5 Å². The van der Waals surface area contributed by atoms with Crippen molar-refractivity contribution >= 4 is 17.5 Å². The fraction of sp³-hybridized carbons (Fsp3) is 0.400. The van der Waals surface area contributed by atoms with Gasteiger partial charge in [0.15, 0.2) is 5.69 Å². The lowest BCUT2D eigenvalue weighted by molar-refractivity contribution is 0.0666. The Morgan fingerprint density at radius 1 is 0.872 bits per heavy atom. The van der Waals surface area contributed by atoms with Crippen LogP contribution >= 0.6 is 11.6 Å². The summed E-state index contributed by atoms with van der Waals surface area (Å²) in [4.78, 5) is 12.8. The molecule has 3 aromatic rings. The van der Waals surface area contributed by atoms with Gasteiger partial charge in [-0.2, -0.15) is 5.26 Å². The highest BCUT2D eigenvalue weighted by molar-refractivity contribution is 6.31. The van der Waals surface area contributed by atoms with E-state index in [1.807, 2.05) is 30.3 Å². The summed E-state index contributed by atoms with van der Waals surface area (Å²) in [6, 6.07) is 18.4. The van der Waals surface area contributed by atoms with Gasteiger partial charge in [0.2, 0.25) is 0 Å². The quantitative estimate of drug-likeness (QED) is 0.403. The van der Waals surface area contributed by atoms with E-state index in [1.54, 1.807) is 30.3 Å². The summed E-state index contributed by atoms with van der Waals surface area (Å²) in [5, 5.41) is 30.5. The van der Waals surface area contributed by atoms with Crippen LogP contribution in [0.15, 0.2) is 54.6 Å². The van der Waals surface area contributed by atoms with E-state index < -0.39 is 0 Å². The molecule has 9 heteroatoms. The predicted octanol–water partition coefficient (Wildman–Crippen LogP) is 5.47. The summed E-state index contributed by atoms with van der Waals surface area (Å²) in [5.74, 6) is 1.21. The zero-order valence-corrected chi connectivity index (χ0v) is 22.3. The Morgan fingerprint density at radius 2 is 1.51 bits per heavy atom. The summed E-state index contributed by atoms with van der Waals surface area (Å²) in [6.07, 6.45) is 6.45. The molecule has 1 heterocycles. The molecular formula is C30H31ClN4O4. The lowest BCUT2D eigenvalue weighted by atomic mass is 9.92. The number of carbonyl (C=O) groups excluding carboxylic acids is 1. The van der Waals surface area contributed by atoms with E-state index in [0.29, 0.717) is 22.0 Å². The molecule has 2 N–H and O–H groups in total. The average Bonchev–Trinajstić information content (AvgIpc) is 2.96. The third-order valence-corrected chi connectivity index (χ3v) is 7.68. The van der Waals surface area contributed by atoms with Crippen LogP contribution < -0.4 is 14.8 Å². The van der Waals surface area contributed by atoms with Gasteiger partial charge in [-0.05, 0) is 99.9 Å². The van der Waals surface area contributed by atoms with Crippen LogP contribution in [0.5, 0.6) is 11.5 Å². The zero-order valence-electron chi connectivity index (χ0n) is 21.6. The molecule has 0 aliphatic heterocycles. The monoisotopic (exact) mass is 546 g/mol. The molecule has 202 valence electrons. The van der Waals surface area contributed by atoms with Gasteiger partial charge in [-0.3, -0.25) is 4.79 Å². The number of amides is 1. The van der Waals surface area contributed by atoms with E-state index in [9.17, 15) is 9.90 Å².